The molecule has 4 nitrogen and oxygen atoms in total. The summed E-state index contributed by atoms with van der Waals surface area (Å²) in [6.45, 7) is 6.79. The number of hydrogen-bond donors (Lipinski definition) is 1. The number of aromatic nitrogens is 2. The zero-order valence-corrected chi connectivity index (χ0v) is 14.5. The highest BCUT2D eigenvalue weighted by molar-refractivity contribution is 9.10. The molecule has 0 fully saturated rings. The molecule has 2 aromatic rings. The van der Waals surface area contributed by atoms with Gasteiger partial charge in [-0.25, -0.2) is 4.98 Å². The second kappa shape index (κ2) is 7.20. The molecule has 0 aliphatic heterocycles. The Balaban J connectivity index is 2.46. The quantitative estimate of drug-likeness (QED) is 0.870. The Labute approximate surface area is 135 Å². The van der Waals surface area contributed by atoms with Crippen LogP contribution in [0.2, 0.25) is 0 Å². The van der Waals surface area contributed by atoms with Crippen LogP contribution in [0.3, 0.4) is 0 Å². The molecule has 0 amide bonds. The van der Waals surface area contributed by atoms with Gasteiger partial charge in [-0.1, -0.05) is 44.2 Å². The maximum Gasteiger partial charge on any atom is 0.140 e. The summed E-state index contributed by atoms with van der Waals surface area (Å²) in [7, 11) is 2.03. The van der Waals surface area contributed by atoms with Gasteiger partial charge in [0.05, 0.1) is 11.7 Å². The van der Waals surface area contributed by atoms with E-state index in [1.54, 1.807) is 0 Å². The minimum Gasteiger partial charge on any atom is -0.329 e. The van der Waals surface area contributed by atoms with Crippen LogP contribution in [-0.2, 0) is 7.05 Å². The van der Waals surface area contributed by atoms with Crippen molar-refractivity contribution in [3.05, 3.63) is 40.6 Å². The van der Waals surface area contributed by atoms with Crippen molar-refractivity contribution < 1.29 is 0 Å². The summed E-state index contributed by atoms with van der Waals surface area (Å²) in [5.41, 5.74) is 8.14. The van der Waals surface area contributed by atoms with Crippen molar-refractivity contribution in [3.63, 3.8) is 0 Å². The number of rotatable bonds is 6. The van der Waals surface area contributed by atoms with Gasteiger partial charge < -0.3 is 10.3 Å². The summed E-state index contributed by atoms with van der Waals surface area (Å²) in [4.78, 5) is 7.20. The predicted octanol–water partition coefficient (Wildman–Crippen LogP) is 3.19. The second-order valence-corrected chi connectivity index (χ2v) is 5.76. The number of halogens is 1. The summed E-state index contributed by atoms with van der Waals surface area (Å²) in [5.74, 6) is 0.961. The Hall–Kier alpha value is -1.17. The Morgan fingerprint density at radius 1 is 1.24 bits per heavy atom. The van der Waals surface area contributed by atoms with Gasteiger partial charge in [0.15, 0.2) is 0 Å². The molecule has 114 valence electrons. The fourth-order valence-corrected chi connectivity index (χ4v) is 3.18. The van der Waals surface area contributed by atoms with Crippen molar-refractivity contribution in [2.45, 2.75) is 19.9 Å². The van der Waals surface area contributed by atoms with Crippen molar-refractivity contribution >= 4 is 15.9 Å². The van der Waals surface area contributed by atoms with Crippen LogP contribution < -0.4 is 5.73 Å². The smallest absolute Gasteiger partial charge is 0.140 e. The molecule has 1 heterocycles. The van der Waals surface area contributed by atoms with Crippen LogP contribution in [0.5, 0.6) is 0 Å². The Kier molecular flexibility index (Phi) is 5.56. The minimum atomic E-state index is 0.137. The molecule has 2 N–H and O–H groups in total. The standard InChI is InChI=1S/C16H23BrN4/c1-4-21(5-2)13(11-18)14-15(17)20(3)16(19-14)12-9-7-6-8-10-12/h6-10,13H,4-5,11,18H2,1-3H3. The first-order chi connectivity index (χ1) is 10.1. The van der Waals surface area contributed by atoms with E-state index in [4.69, 9.17) is 10.7 Å². The Morgan fingerprint density at radius 2 is 1.86 bits per heavy atom. The van der Waals surface area contributed by atoms with Gasteiger partial charge in [0.25, 0.3) is 0 Å². The largest absolute Gasteiger partial charge is 0.329 e. The van der Waals surface area contributed by atoms with E-state index in [1.807, 2.05) is 25.2 Å². The van der Waals surface area contributed by atoms with Crippen LogP contribution in [0.25, 0.3) is 11.4 Å². The Morgan fingerprint density at radius 3 is 2.38 bits per heavy atom. The average molecular weight is 351 g/mol. The lowest BCUT2D eigenvalue weighted by atomic mass is 10.2. The van der Waals surface area contributed by atoms with Gasteiger partial charge in [-0.2, -0.15) is 0 Å². The van der Waals surface area contributed by atoms with Gasteiger partial charge in [0.1, 0.15) is 10.4 Å². The number of imidazole rings is 1. The molecule has 0 aliphatic rings. The van der Waals surface area contributed by atoms with Crippen LogP contribution in [0.4, 0.5) is 0 Å². The number of likely N-dealkylation sites (N-methyl/N-ethyl adjacent to an activating group) is 1. The zero-order chi connectivity index (χ0) is 15.4. The van der Waals surface area contributed by atoms with Crippen molar-refractivity contribution in [1.82, 2.24) is 14.5 Å². The van der Waals surface area contributed by atoms with E-state index in [1.165, 1.54) is 0 Å². The molecule has 0 spiro atoms. The van der Waals surface area contributed by atoms with E-state index in [2.05, 4.69) is 51.4 Å². The third kappa shape index (κ3) is 3.20. The molecule has 1 atom stereocenters. The number of hydrogen-bond acceptors (Lipinski definition) is 3. The lowest BCUT2D eigenvalue weighted by Crippen LogP contribution is -2.34. The molecular weight excluding hydrogens is 328 g/mol. The highest BCUT2D eigenvalue weighted by atomic mass is 79.9. The third-order valence-electron chi connectivity index (χ3n) is 3.87. The maximum atomic E-state index is 6.01. The lowest BCUT2D eigenvalue weighted by Gasteiger charge is -2.27. The molecule has 2 rings (SSSR count). The molecule has 1 aromatic carbocycles. The van der Waals surface area contributed by atoms with Crippen LogP contribution in [-0.4, -0.2) is 34.1 Å². The monoisotopic (exact) mass is 350 g/mol. The highest BCUT2D eigenvalue weighted by Gasteiger charge is 2.24. The number of benzene rings is 1. The van der Waals surface area contributed by atoms with E-state index in [0.29, 0.717) is 6.54 Å². The van der Waals surface area contributed by atoms with Crippen LogP contribution >= 0.6 is 15.9 Å². The van der Waals surface area contributed by atoms with Gasteiger partial charge in [-0.15, -0.1) is 0 Å². The minimum absolute atomic E-state index is 0.137. The van der Waals surface area contributed by atoms with Gasteiger partial charge in [-0.05, 0) is 29.0 Å². The first kappa shape index (κ1) is 16.2. The lowest BCUT2D eigenvalue weighted by molar-refractivity contribution is 0.219. The van der Waals surface area contributed by atoms with Crippen LogP contribution in [0.15, 0.2) is 34.9 Å². The molecule has 1 aromatic heterocycles. The average Bonchev–Trinajstić information content (AvgIpc) is 2.82. The highest BCUT2D eigenvalue weighted by Crippen LogP contribution is 2.31. The van der Waals surface area contributed by atoms with Crippen LogP contribution in [0.1, 0.15) is 25.6 Å². The molecule has 1 unspecified atom stereocenters. The van der Waals surface area contributed by atoms with Crippen LogP contribution in [0, 0.1) is 0 Å². The third-order valence-corrected chi connectivity index (χ3v) is 4.81. The molecule has 5 heteroatoms. The van der Waals surface area contributed by atoms with Crippen molar-refractivity contribution in [2.75, 3.05) is 19.6 Å². The van der Waals surface area contributed by atoms with E-state index < -0.39 is 0 Å². The normalized spacial score (nSPS) is 12.9. The molecule has 0 saturated carbocycles. The number of nitrogens with two attached hydrogens (primary N) is 1. The fraction of sp³-hybridized carbons (Fsp3) is 0.438. The molecule has 0 radical (unpaired) electrons. The Bertz CT molecular complexity index is 575. The molecule has 0 aliphatic carbocycles. The molecule has 0 saturated heterocycles. The van der Waals surface area contributed by atoms with E-state index in [0.717, 1.165) is 34.8 Å². The van der Waals surface area contributed by atoms with E-state index in [-0.39, 0.29) is 6.04 Å². The molecule has 0 bridgehead atoms. The van der Waals surface area contributed by atoms with Crippen molar-refractivity contribution in [3.8, 4) is 11.4 Å². The SMILES string of the molecule is CCN(CC)C(CN)c1nc(-c2ccccc2)n(C)c1Br. The summed E-state index contributed by atoms with van der Waals surface area (Å²) >= 11 is 3.68. The van der Waals surface area contributed by atoms with Gasteiger partial charge >= 0.3 is 0 Å². The summed E-state index contributed by atoms with van der Waals surface area (Å²) in [6.07, 6.45) is 0. The first-order valence-corrected chi connectivity index (χ1v) is 8.14. The maximum absolute atomic E-state index is 6.01. The van der Waals surface area contributed by atoms with Gasteiger partial charge in [-0.3, -0.25) is 4.90 Å². The zero-order valence-electron chi connectivity index (χ0n) is 12.9. The summed E-state index contributed by atoms with van der Waals surface area (Å²) in [5, 5.41) is 0. The van der Waals surface area contributed by atoms with Gasteiger partial charge in [0, 0.05) is 19.2 Å². The van der Waals surface area contributed by atoms with E-state index >= 15 is 0 Å². The van der Waals surface area contributed by atoms with E-state index in [9.17, 15) is 0 Å². The van der Waals surface area contributed by atoms with Gasteiger partial charge in [0.2, 0.25) is 0 Å². The summed E-state index contributed by atoms with van der Waals surface area (Å²) < 4.78 is 3.08. The second-order valence-electron chi connectivity index (χ2n) is 5.01. The number of nitrogens with zero attached hydrogens (tertiary/aromatic N) is 3. The topological polar surface area (TPSA) is 47.1 Å². The first-order valence-electron chi connectivity index (χ1n) is 7.35. The van der Waals surface area contributed by atoms with Crippen molar-refractivity contribution in [1.29, 1.82) is 0 Å². The van der Waals surface area contributed by atoms with Crippen molar-refractivity contribution in [2.24, 2.45) is 12.8 Å². The molecular formula is C16H23BrN4. The summed E-state index contributed by atoms with van der Waals surface area (Å²) in [6, 6.07) is 10.4. The fourth-order valence-electron chi connectivity index (χ4n) is 2.66. The predicted molar refractivity (Wildman–Crippen MR) is 91.1 cm³/mol. The molecule has 21 heavy (non-hydrogen) atoms.